The Labute approximate surface area is 181 Å². The third-order valence-electron chi connectivity index (χ3n) is 5.27. The monoisotopic (exact) mass is 432 g/mol. The van der Waals surface area contributed by atoms with Gasteiger partial charge in [-0.15, -0.1) is 11.3 Å². The van der Waals surface area contributed by atoms with Gasteiger partial charge in [0.1, 0.15) is 6.61 Å². The van der Waals surface area contributed by atoms with E-state index in [4.69, 9.17) is 4.74 Å². The van der Waals surface area contributed by atoms with Crippen LogP contribution in [0.1, 0.15) is 43.7 Å². The van der Waals surface area contributed by atoms with Gasteiger partial charge in [-0.05, 0) is 42.0 Å². The smallest absolute Gasteiger partial charge is 0.242 e. The number of halogens is 1. The molecule has 1 atom stereocenters. The van der Waals surface area contributed by atoms with Gasteiger partial charge in [0.05, 0.1) is 12.6 Å². The second-order valence-electron chi connectivity index (χ2n) is 7.81. The molecule has 0 radical (unpaired) electrons. The lowest BCUT2D eigenvalue weighted by Crippen LogP contribution is -2.48. The molecule has 3 rings (SSSR count). The molecule has 0 N–H and O–H groups in total. The van der Waals surface area contributed by atoms with E-state index in [-0.39, 0.29) is 42.7 Å². The van der Waals surface area contributed by atoms with Crippen molar-refractivity contribution < 1.29 is 18.7 Å². The Hall–Kier alpha value is -2.41. The third kappa shape index (κ3) is 5.01. The number of amides is 2. The molecule has 5 nitrogen and oxygen atoms in total. The molecular formula is C23H29FN2O3S. The minimum atomic E-state index is -0.423. The van der Waals surface area contributed by atoms with Crippen molar-refractivity contribution in [3.05, 3.63) is 52.0 Å². The van der Waals surface area contributed by atoms with Gasteiger partial charge in [-0.3, -0.25) is 9.59 Å². The Bertz CT molecular complexity index is 883. The predicted molar refractivity (Wildman–Crippen MR) is 116 cm³/mol. The van der Waals surface area contributed by atoms with Crippen molar-refractivity contribution in [1.29, 1.82) is 0 Å². The minimum Gasteiger partial charge on any atom is -0.488 e. The molecule has 30 heavy (non-hydrogen) atoms. The van der Waals surface area contributed by atoms with Crippen LogP contribution in [0.5, 0.6) is 5.75 Å². The molecule has 0 saturated heterocycles. The van der Waals surface area contributed by atoms with Gasteiger partial charge in [0, 0.05) is 23.9 Å². The van der Waals surface area contributed by atoms with E-state index in [9.17, 15) is 14.0 Å². The summed E-state index contributed by atoms with van der Waals surface area (Å²) in [6.45, 7) is 7.03. The molecule has 2 amide bonds. The largest absolute Gasteiger partial charge is 0.488 e. The number of hydrogen-bond donors (Lipinski definition) is 0. The molecule has 1 aromatic carbocycles. The number of fused-ring (bicyclic) bond motifs is 1. The summed E-state index contributed by atoms with van der Waals surface area (Å²) in [6, 6.07) is 7.99. The Balaban J connectivity index is 1.78. The highest BCUT2D eigenvalue weighted by molar-refractivity contribution is 7.10. The predicted octanol–water partition coefficient (Wildman–Crippen LogP) is 4.29. The summed E-state index contributed by atoms with van der Waals surface area (Å²) in [4.78, 5) is 30.4. The fourth-order valence-electron chi connectivity index (χ4n) is 3.76. The van der Waals surface area contributed by atoms with Crippen molar-refractivity contribution in [2.24, 2.45) is 5.92 Å². The molecule has 162 valence electrons. The van der Waals surface area contributed by atoms with Crippen molar-refractivity contribution in [3.63, 3.8) is 0 Å². The van der Waals surface area contributed by atoms with Gasteiger partial charge in [0.2, 0.25) is 11.8 Å². The fourth-order valence-corrected chi connectivity index (χ4v) is 4.69. The van der Waals surface area contributed by atoms with Crippen molar-refractivity contribution in [2.75, 3.05) is 26.2 Å². The van der Waals surface area contributed by atoms with Crippen LogP contribution in [-0.2, 0) is 16.0 Å². The molecule has 0 spiro atoms. The van der Waals surface area contributed by atoms with E-state index in [2.05, 4.69) is 0 Å². The third-order valence-corrected chi connectivity index (χ3v) is 6.27. The number of rotatable bonds is 8. The van der Waals surface area contributed by atoms with Crippen LogP contribution in [0.3, 0.4) is 0 Å². The van der Waals surface area contributed by atoms with Crippen LogP contribution in [0, 0.1) is 11.7 Å². The van der Waals surface area contributed by atoms with Gasteiger partial charge in [-0.2, -0.15) is 0 Å². The number of hydrogen-bond acceptors (Lipinski definition) is 4. The van der Waals surface area contributed by atoms with Crippen molar-refractivity contribution in [1.82, 2.24) is 9.80 Å². The Morgan fingerprint density at radius 3 is 2.77 bits per heavy atom. The van der Waals surface area contributed by atoms with E-state index >= 15 is 0 Å². The van der Waals surface area contributed by atoms with Crippen LogP contribution in [0.2, 0.25) is 0 Å². The number of benzene rings is 1. The Morgan fingerprint density at radius 1 is 1.30 bits per heavy atom. The maximum atomic E-state index is 14.0. The first-order valence-corrected chi connectivity index (χ1v) is 11.3. The molecule has 1 aliphatic heterocycles. The summed E-state index contributed by atoms with van der Waals surface area (Å²) < 4.78 is 19.8. The molecule has 0 aliphatic carbocycles. The second kappa shape index (κ2) is 10.1. The Kier molecular flexibility index (Phi) is 7.48. The normalized spacial score (nSPS) is 15.8. The van der Waals surface area contributed by atoms with Crippen LogP contribution in [0.15, 0.2) is 35.7 Å². The maximum Gasteiger partial charge on any atom is 0.242 e. The summed E-state index contributed by atoms with van der Waals surface area (Å²) in [6.07, 6.45) is 1.57. The fraction of sp³-hybridized carbons (Fsp3) is 0.478. The molecule has 1 aliphatic rings. The maximum absolute atomic E-state index is 14.0. The van der Waals surface area contributed by atoms with E-state index in [1.807, 2.05) is 32.2 Å². The molecule has 7 heteroatoms. The highest BCUT2D eigenvalue weighted by atomic mass is 32.1. The van der Waals surface area contributed by atoms with E-state index < -0.39 is 5.82 Å². The van der Waals surface area contributed by atoms with Crippen LogP contribution in [0.4, 0.5) is 4.39 Å². The van der Waals surface area contributed by atoms with Crippen LogP contribution >= 0.6 is 11.3 Å². The number of thiophene rings is 1. The SMILES string of the molecule is CCCN(CC(=O)N1CCc2sccc2[C@@H]1COc1ccccc1F)C(=O)C(C)C. The van der Waals surface area contributed by atoms with Gasteiger partial charge >= 0.3 is 0 Å². The molecule has 0 fully saturated rings. The van der Waals surface area contributed by atoms with Gasteiger partial charge in [-0.25, -0.2) is 4.39 Å². The Morgan fingerprint density at radius 2 is 2.07 bits per heavy atom. The minimum absolute atomic E-state index is 0.0161. The molecule has 0 saturated carbocycles. The van der Waals surface area contributed by atoms with E-state index in [1.165, 1.54) is 10.9 Å². The summed E-state index contributed by atoms with van der Waals surface area (Å²) in [5.74, 6) is -0.522. The molecule has 2 aromatic rings. The first kappa shape index (κ1) is 22.3. The molecule has 0 bridgehead atoms. The summed E-state index contributed by atoms with van der Waals surface area (Å²) in [7, 11) is 0. The summed E-state index contributed by atoms with van der Waals surface area (Å²) >= 11 is 1.67. The number of ether oxygens (including phenoxy) is 1. The van der Waals surface area contributed by atoms with Crippen LogP contribution < -0.4 is 4.74 Å². The average molecular weight is 433 g/mol. The highest BCUT2D eigenvalue weighted by Crippen LogP contribution is 2.34. The zero-order valence-electron chi connectivity index (χ0n) is 17.8. The number of carbonyl (C=O) groups excluding carboxylic acids is 2. The first-order valence-electron chi connectivity index (χ1n) is 10.4. The second-order valence-corrected chi connectivity index (χ2v) is 8.81. The molecule has 0 unspecified atom stereocenters. The molecule has 1 aromatic heterocycles. The summed E-state index contributed by atoms with van der Waals surface area (Å²) in [5.41, 5.74) is 1.05. The van der Waals surface area contributed by atoms with E-state index in [1.54, 1.807) is 39.3 Å². The van der Waals surface area contributed by atoms with Gasteiger partial charge in [0.15, 0.2) is 11.6 Å². The van der Waals surface area contributed by atoms with E-state index in [0.717, 1.165) is 18.4 Å². The van der Waals surface area contributed by atoms with Crippen molar-refractivity contribution in [3.8, 4) is 5.75 Å². The van der Waals surface area contributed by atoms with Crippen LogP contribution in [-0.4, -0.2) is 47.9 Å². The highest BCUT2D eigenvalue weighted by Gasteiger charge is 2.33. The number of carbonyl (C=O) groups is 2. The zero-order chi connectivity index (χ0) is 21.7. The average Bonchev–Trinajstić information content (AvgIpc) is 3.21. The molecule has 2 heterocycles. The van der Waals surface area contributed by atoms with E-state index in [0.29, 0.717) is 13.1 Å². The number of para-hydroxylation sites is 1. The van der Waals surface area contributed by atoms with Crippen LogP contribution in [0.25, 0.3) is 0 Å². The summed E-state index contributed by atoms with van der Waals surface area (Å²) in [5, 5.41) is 2.01. The zero-order valence-corrected chi connectivity index (χ0v) is 18.6. The molecular weight excluding hydrogens is 403 g/mol. The lowest BCUT2D eigenvalue weighted by molar-refractivity contribution is -0.144. The lowest BCUT2D eigenvalue weighted by atomic mass is 10.00. The first-order chi connectivity index (χ1) is 14.4. The number of nitrogens with zero attached hydrogens (tertiary/aromatic N) is 2. The van der Waals surface area contributed by atoms with Gasteiger partial charge in [-0.1, -0.05) is 32.9 Å². The topological polar surface area (TPSA) is 49.9 Å². The lowest BCUT2D eigenvalue weighted by Gasteiger charge is -2.37. The van der Waals surface area contributed by atoms with Crippen molar-refractivity contribution in [2.45, 2.75) is 39.7 Å². The standard InChI is InChI=1S/C23H29FN2O3S/c1-4-11-25(23(28)16(2)3)14-22(27)26-12-9-21-17(10-13-30-21)19(26)15-29-20-8-6-5-7-18(20)24/h5-8,10,13,16,19H,4,9,11-12,14-15H2,1-3H3/t19-/m0/s1. The quantitative estimate of drug-likeness (QED) is 0.625. The van der Waals surface area contributed by atoms with Gasteiger partial charge < -0.3 is 14.5 Å². The van der Waals surface area contributed by atoms with Crippen molar-refractivity contribution >= 4 is 23.2 Å². The van der Waals surface area contributed by atoms with Gasteiger partial charge in [0.25, 0.3) is 0 Å².